The number of likely N-dealkylation sites (tertiary alicyclic amines) is 1. The van der Waals surface area contributed by atoms with Crippen molar-refractivity contribution in [2.45, 2.75) is 83.1 Å². The molecule has 3 fully saturated rings. The normalized spacial score (nSPS) is 22.2. The summed E-state index contributed by atoms with van der Waals surface area (Å²) in [5, 5.41) is 4.34. The van der Waals surface area contributed by atoms with E-state index in [1.54, 1.807) is 12.1 Å². The van der Waals surface area contributed by atoms with Crippen LogP contribution in [0.4, 0.5) is 4.39 Å². The lowest BCUT2D eigenvalue weighted by Crippen LogP contribution is -2.85. The summed E-state index contributed by atoms with van der Waals surface area (Å²) in [5.41, 5.74) is 1.86. The van der Waals surface area contributed by atoms with Gasteiger partial charge in [-0.1, -0.05) is 50.7 Å². The van der Waals surface area contributed by atoms with Crippen molar-refractivity contribution in [2.75, 3.05) is 33.2 Å². The number of rotatable bonds is 5. The maximum absolute atomic E-state index is 14.8. The highest BCUT2D eigenvalue weighted by molar-refractivity contribution is 5.80. The number of piperidine rings is 1. The number of carbonyl (C=O) groups is 1. The minimum Gasteiger partial charge on any atom is -0.346 e. The van der Waals surface area contributed by atoms with E-state index in [9.17, 15) is 9.18 Å². The van der Waals surface area contributed by atoms with Gasteiger partial charge in [0.2, 0.25) is 5.91 Å². The maximum Gasteiger partial charge on any atom is 0.232 e. The molecule has 3 atom stereocenters. The van der Waals surface area contributed by atoms with Gasteiger partial charge >= 0.3 is 0 Å². The van der Waals surface area contributed by atoms with E-state index in [-0.39, 0.29) is 23.6 Å². The topological polar surface area (TPSA) is 53.5 Å². The first-order valence-corrected chi connectivity index (χ1v) is 13.5. The Morgan fingerprint density at radius 1 is 1.00 bits per heavy atom. The SMILES string of the molecule is C#C.C#C.C1CCCCC1.C[NH2+][C@H](C)Cc1cccc(F)c1[C@@H]1C[NH2+]CC1C(=O)N1CCCCC1. The zero-order valence-electron chi connectivity index (χ0n) is 22.1. The van der Waals surface area contributed by atoms with Gasteiger partial charge < -0.3 is 15.5 Å². The Morgan fingerprint density at radius 3 is 2.09 bits per heavy atom. The third-order valence-electron chi connectivity index (χ3n) is 7.44. The van der Waals surface area contributed by atoms with E-state index in [4.69, 9.17) is 0 Å². The minimum atomic E-state index is -0.141. The number of benzene rings is 1. The first-order valence-electron chi connectivity index (χ1n) is 13.5. The van der Waals surface area contributed by atoms with E-state index in [1.807, 2.05) is 11.0 Å². The number of likely N-dealkylation sites (N-methyl/N-ethyl adjacent to an activating group) is 1. The number of quaternary nitrogens is 2. The number of hydrogen-bond acceptors (Lipinski definition) is 1. The second-order valence-electron chi connectivity index (χ2n) is 9.81. The Morgan fingerprint density at radius 2 is 1.54 bits per heavy atom. The van der Waals surface area contributed by atoms with Crippen LogP contribution in [-0.2, 0) is 11.2 Å². The van der Waals surface area contributed by atoms with Crippen molar-refractivity contribution in [1.82, 2.24) is 4.90 Å². The average Bonchev–Trinajstić information content (AvgIpc) is 3.42. The third-order valence-corrected chi connectivity index (χ3v) is 7.44. The second kappa shape index (κ2) is 18.0. The zero-order chi connectivity index (χ0) is 26.1. The number of terminal acetylenes is 2. The number of nitrogens with two attached hydrogens (primary N) is 2. The van der Waals surface area contributed by atoms with Crippen LogP contribution in [-0.4, -0.2) is 50.1 Å². The Hall–Kier alpha value is -2.34. The smallest absolute Gasteiger partial charge is 0.232 e. The molecule has 194 valence electrons. The molecular weight excluding hydrogens is 437 g/mol. The van der Waals surface area contributed by atoms with E-state index in [1.165, 1.54) is 44.9 Å². The quantitative estimate of drug-likeness (QED) is 0.619. The fraction of sp³-hybridized carbons (Fsp3) is 0.633. The standard InChI is InChI=1S/C20H30FN3O.C6H12.2C2H2/c1-14(22-2)11-15-7-6-8-18(21)19(15)16-12-23-13-17(16)20(25)24-9-4-3-5-10-24;1-2-4-6-5-3-1;2*1-2/h6-8,14,16-17,22-23H,3-5,9-13H2,1-2H3;1-6H2;2*1-2H/p+2/t14-,16-,17?;;;/m1.../s1. The van der Waals surface area contributed by atoms with Gasteiger partial charge in [0.15, 0.2) is 0 Å². The van der Waals surface area contributed by atoms with Gasteiger partial charge in [-0.2, -0.15) is 0 Å². The summed E-state index contributed by atoms with van der Waals surface area (Å²) < 4.78 is 14.8. The molecule has 4 N–H and O–H groups in total. The number of hydrogen-bond donors (Lipinski definition) is 2. The number of nitrogens with zero attached hydrogens (tertiary/aromatic N) is 1. The van der Waals surface area contributed by atoms with Crippen LogP contribution in [0.3, 0.4) is 0 Å². The molecule has 1 aliphatic carbocycles. The molecule has 4 nitrogen and oxygen atoms in total. The number of halogens is 1. The van der Waals surface area contributed by atoms with E-state index < -0.39 is 0 Å². The second-order valence-corrected chi connectivity index (χ2v) is 9.81. The largest absolute Gasteiger partial charge is 0.346 e. The molecule has 0 radical (unpaired) electrons. The Bertz CT molecular complexity index is 748. The molecule has 1 aromatic carbocycles. The average molecular weight is 486 g/mol. The molecule has 5 heteroatoms. The molecule has 3 aliphatic rings. The van der Waals surface area contributed by atoms with Crippen molar-refractivity contribution in [1.29, 1.82) is 0 Å². The van der Waals surface area contributed by atoms with Crippen LogP contribution >= 0.6 is 0 Å². The molecule has 1 aromatic rings. The summed E-state index contributed by atoms with van der Waals surface area (Å²) in [6, 6.07) is 5.80. The van der Waals surface area contributed by atoms with Gasteiger partial charge in [-0.3, -0.25) is 4.79 Å². The van der Waals surface area contributed by atoms with Gasteiger partial charge in [-0.15, -0.1) is 25.7 Å². The lowest BCUT2D eigenvalue weighted by atomic mass is 9.83. The molecule has 2 heterocycles. The molecule has 35 heavy (non-hydrogen) atoms. The predicted molar refractivity (Wildman–Crippen MR) is 143 cm³/mol. The minimum absolute atomic E-state index is 0.00492. The van der Waals surface area contributed by atoms with Gasteiger partial charge in [0.1, 0.15) is 5.82 Å². The van der Waals surface area contributed by atoms with Crippen molar-refractivity contribution in [3.8, 4) is 25.7 Å². The molecule has 1 amide bonds. The lowest BCUT2D eigenvalue weighted by molar-refractivity contribution is -0.659. The van der Waals surface area contributed by atoms with Crippen LogP contribution in [0.25, 0.3) is 0 Å². The Kier molecular flexibility index (Phi) is 15.8. The van der Waals surface area contributed by atoms with Crippen molar-refractivity contribution < 1.29 is 19.8 Å². The van der Waals surface area contributed by atoms with Crippen molar-refractivity contribution in [3.05, 3.63) is 35.1 Å². The first-order chi connectivity index (χ1) is 17.1. The summed E-state index contributed by atoms with van der Waals surface area (Å²) >= 11 is 0. The van der Waals surface area contributed by atoms with E-state index in [2.05, 4.69) is 50.3 Å². The van der Waals surface area contributed by atoms with Crippen molar-refractivity contribution >= 4 is 5.91 Å². The highest BCUT2D eigenvalue weighted by atomic mass is 19.1. The molecule has 2 saturated heterocycles. The molecule has 1 saturated carbocycles. The summed E-state index contributed by atoms with van der Waals surface area (Å²) in [4.78, 5) is 15.1. The molecule has 0 bridgehead atoms. The lowest BCUT2D eigenvalue weighted by Gasteiger charge is -2.30. The van der Waals surface area contributed by atoms with Gasteiger partial charge in [0.25, 0.3) is 0 Å². The summed E-state index contributed by atoms with van der Waals surface area (Å²) in [6.07, 6.45) is 29.3. The van der Waals surface area contributed by atoms with Crippen LogP contribution in [0.2, 0.25) is 0 Å². The van der Waals surface area contributed by atoms with Crippen LogP contribution < -0.4 is 10.6 Å². The van der Waals surface area contributed by atoms with Gasteiger partial charge in [-0.25, -0.2) is 4.39 Å². The first kappa shape index (κ1) is 30.7. The molecule has 2 aliphatic heterocycles. The fourth-order valence-electron chi connectivity index (χ4n) is 5.42. The molecule has 0 aromatic heterocycles. The van der Waals surface area contributed by atoms with Gasteiger partial charge in [0, 0.05) is 25.1 Å². The molecule has 4 rings (SSSR count). The molecule has 1 unspecified atom stereocenters. The highest BCUT2D eigenvalue weighted by Gasteiger charge is 2.41. The van der Waals surface area contributed by atoms with Gasteiger partial charge in [-0.05, 0) is 37.8 Å². The van der Waals surface area contributed by atoms with Crippen LogP contribution in [0.5, 0.6) is 0 Å². The van der Waals surface area contributed by atoms with Crippen LogP contribution in [0, 0.1) is 37.4 Å². The summed E-state index contributed by atoms with van der Waals surface area (Å²) in [6.45, 7) is 5.49. The molecular formula is C30H48FN3O+2. The van der Waals surface area contributed by atoms with E-state index in [0.717, 1.165) is 56.6 Å². The van der Waals surface area contributed by atoms with Gasteiger partial charge in [0.05, 0.1) is 38.0 Å². The van der Waals surface area contributed by atoms with Crippen molar-refractivity contribution in [3.63, 3.8) is 0 Å². The molecule has 0 spiro atoms. The Labute approximate surface area is 213 Å². The third kappa shape index (κ3) is 9.67. The van der Waals surface area contributed by atoms with Crippen LogP contribution in [0.15, 0.2) is 18.2 Å². The number of carbonyl (C=O) groups excluding carboxylic acids is 1. The summed E-state index contributed by atoms with van der Waals surface area (Å²) in [5.74, 6) is 0.00430. The zero-order valence-corrected chi connectivity index (χ0v) is 22.1. The van der Waals surface area contributed by atoms with Crippen LogP contribution in [0.1, 0.15) is 81.8 Å². The number of amides is 1. The Balaban J connectivity index is 0.000000519. The predicted octanol–water partition coefficient (Wildman–Crippen LogP) is 3.08. The van der Waals surface area contributed by atoms with E-state index >= 15 is 0 Å². The summed E-state index contributed by atoms with van der Waals surface area (Å²) in [7, 11) is 2.05. The monoisotopic (exact) mass is 485 g/mol. The fourth-order valence-corrected chi connectivity index (χ4v) is 5.42. The van der Waals surface area contributed by atoms with Crippen molar-refractivity contribution in [2.24, 2.45) is 5.92 Å². The highest BCUT2D eigenvalue weighted by Crippen LogP contribution is 2.32. The maximum atomic E-state index is 14.8. The van der Waals surface area contributed by atoms with E-state index in [0.29, 0.717) is 6.04 Å².